The van der Waals surface area contributed by atoms with Crippen LogP contribution in [0.2, 0.25) is 10.0 Å². The van der Waals surface area contributed by atoms with Crippen molar-refractivity contribution < 1.29 is 22.7 Å². The highest BCUT2D eigenvalue weighted by Gasteiger charge is 2.18. The number of hydrogen-bond donors (Lipinski definition) is 2. The highest BCUT2D eigenvalue weighted by atomic mass is 35.5. The van der Waals surface area contributed by atoms with Crippen LogP contribution in [0.1, 0.15) is 28.4 Å². The summed E-state index contributed by atoms with van der Waals surface area (Å²) in [7, 11) is -3.95. The molecule has 2 N–H and O–H groups in total. The molecule has 0 aromatic heterocycles. The lowest BCUT2D eigenvalue weighted by atomic mass is 10.2. The fourth-order valence-electron chi connectivity index (χ4n) is 3.55. The summed E-state index contributed by atoms with van der Waals surface area (Å²) in [6.45, 7) is 2.63. The average Bonchev–Trinajstić information content (AvgIpc) is 2.94. The minimum absolute atomic E-state index is 0.0100. The van der Waals surface area contributed by atoms with Crippen molar-refractivity contribution in [3.05, 3.63) is 118 Å². The highest BCUT2D eigenvalue weighted by molar-refractivity contribution is 7.92. The first-order valence-corrected chi connectivity index (χ1v) is 14.3. The van der Waals surface area contributed by atoms with Gasteiger partial charge in [0.1, 0.15) is 6.61 Å². The van der Waals surface area contributed by atoms with Crippen LogP contribution in [0.15, 0.2) is 101 Å². The smallest absolute Gasteiger partial charge is 0.273 e. The molecule has 0 fully saturated rings. The molecule has 40 heavy (non-hydrogen) atoms. The molecule has 0 aliphatic heterocycles. The van der Waals surface area contributed by atoms with Gasteiger partial charge in [-0.2, -0.15) is 5.10 Å². The van der Waals surface area contributed by atoms with Crippen molar-refractivity contribution in [3.63, 3.8) is 0 Å². The average molecular weight is 599 g/mol. The summed E-state index contributed by atoms with van der Waals surface area (Å²) in [4.78, 5) is 12.9. The molecule has 0 aliphatic carbocycles. The van der Waals surface area contributed by atoms with Crippen LogP contribution < -0.4 is 19.6 Å². The molecule has 11 heteroatoms. The Morgan fingerprint density at radius 2 is 1.55 bits per heavy atom. The number of hydrazone groups is 1. The third-order valence-electron chi connectivity index (χ3n) is 5.49. The lowest BCUT2D eigenvalue weighted by Crippen LogP contribution is -2.21. The van der Waals surface area contributed by atoms with E-state index < -0.39 is 15.9 Å². The number of ether oxygens (including phenoxy) is 2. The molecule has 0 heterocycles. The number of nitrogens with one attached hydrogen (secondary N) is 2. The molecule has 8 nitrogen and oxygen atoms in total. The summed E-state index contributed by atoms with van der Waals surface area (Å²) in [6, 6.07) is 24.5. The third kappa shape index (κ3) is 7.75. The van der Waals surface area contributed by atoms with Gasteiger partial charge in [-0.3, -0.25) is 9.52 Å². The van der Waals surface area contributed by atoms with E-state index in [0.717, 1.165) is 5.56 Å². The van der Waals surface area contributed by atoms with Crippen molar-refractivity contribution in [2.45, 2.75) is 18.4 Å². The molecule has 0 bridgehead atoms. The monoisotopic (exact) mass is 597 g/mol. The van der Waals surface area contributed by atoms with Crippen molar-refractivity contribution in [2.75, 3.05) is 11.3 Å². The number of hydrogen-bond acceptors (Lipinski definition) is 6. The maximum atomic E-state index is 12.9. The van der Waals surface area contributed by atoms with Crippen LogP contribution in [0, 0.1) is 0 Å². The molecule has 0 atom stereocenters. The number of amides is 1. The Bertz CT molecular complexity index is 1610. The quantitative estimate of drug-likeness (QED) is 0.151. The molecule has 206 valence electrons. The number of sulfonamides is 1. The first-order chi connectivity index (χ1) is 19.2. The largest absolute Gasteiger partial charge is 0.490 e. The first kappa shape index (κ1) is 28.9. The molecule has 4 aromatic carbocycles. The molecule has 0 radical (unpaired) electrons. The van der Waals surface area contributed by atoms with Crippen LogP contribution in [0.5, 0.6) is 11.5 Å². The van der Waals surface area contributed by atoms with E-state index in [1.807, 2.05) is 19.1 Å². The Balaban J connectivity index is 1.43. The van der Waals surface area contributed by atoms with Gasteiger partial charge in [0.2, 0.25) is 0 Å². The second-order valence-electron chi connectivity index (χ2n) is 8.36. The minimum atomic E-state index is -3.95. The van der Waals surface area contributed by atoms with Crippen molar-refractivity contribution in [1.82, 2.24) is 5.43 Å². The van der Waals surface area contributed by atoms with Gasteiger partial charge in [-0.1, -0.05) is 47.5 Å². The van der Waals surface area contributed by atoms with E-state index in [-0.39, 0.29) is 16.1 Å². The number of carbonyl (C=O) groups is 1. The molecule has 0 spiro atoms. The lowest BCUT2D eigenvalue weighted by molar-refractivity contribution is 0.0956. The summed E-state index contributed by atoms with van der Waals surface area (Å²) in [5, 5.41) is 5.09. The fourth-order valence-corrected chi connectivity index (χ4v) is 4.88. The van der Waals surface area contributed by atoms with Gasteiger partial charge < -0.3 is 9.47 Å². The molecular weight excluding hydrogens is 573 g/mol. The molecule has 4 rings (SSSR count). The van der Waals surface area contributed by atoms with Crippen molar-refractivity contribution in [1.29, 1.82) is 0 Å². The number of nitrogens with zero attached hydrogens (tertiary/aromatic N) is 1. The van der Waals surface area contributed by atoms with Gasteiger partial charge in [-0.15, -0.1) is 0 Å². The zero-order chi connectivity index (χ0) is 28.5. The number of rotatable bonds is 11. The van der Waals surface area contributed by atoms with Crippen molar-refractivity contribution >= 4 is 51.0 Å². The van der Waals surface area contributed by atoms with Gasteiger partial charge in [0.25, 0.3) is 15.9 Å². The minimum Gasteiger partial charge on any atom is -0.490 e. The fraction of sp³-hybridized carbons (Fsp3) is 0.103. The van der Waals surface area contributed by atoms with E-state index in [0.29, 0.717) is 40.3 Å². The third-order valence-corrected chi connectivity index (χ3v) is 7.38. The van der Waals surface area contributed by atoms with Gasteiger partial charge in [0.05, 0.1) is 29.0 Å². The second kappa shape index (κ2) is 13.3. The molecule has 0 aliphatic rings. The molecule has 0 saturated heterocycles. The molecule has 0 saturated carbocycles. The van der Waals surface area contributed by atoms with Crippen LogP contribution in [0.25, 0.3) is 0 Å². The van der Waals surface area contributed by atoms with E-state index in [9.17, 15) is 13.2 Å². The van der Waals surface area contributed by atoms with E-state index in [1.165, 1.54) is 42.6 Å². The Morgan fingerprint density at radius 1 is 0.875 bits per heavy atom. The zero-order valence-corrected chi connectivity index (χ0v) is 23.6. The standard InChI is InChI=1S/C29H25Cl2N3O5S/c1-2-38-28-17-21(9-16-27(28)39-19-20-7-10-22(30)11-8-20)18-32-33-29(35)25-5-3-4-6-26(25)34-40(36,37)24-14-12-23(31)13-15-24/h3-18,34H,2,19H2,1H3,(H,33,35)/b32-18+. The summed E-state index contributed by atoms with van der Waals surface area (Å²) in [5.41, 5.74) is 4.24. The molecule has 0 unspecified atom stereocenters. The van der Waals surface area contributed by atoms with Gasteiger partial charge in [0, 0.05) is 10.0 Å². The van der Waals surface area contributed by atoms with Crippen LogP contribution in [0.4, 0.5) is 5.69 Å². The Hall–Kier alpha value is -4.05. The summed E-state index contributed by atoms with van der Waals surface area (Å²) in [6.07, 6.45) is 1.45. The number of anilines is 1. The van der Waals surface area contributed by atoms with Gasteiger partial charge in [-0.25, -0.2) is 13.8 Å². The second-order valence-corrected chi connectivity index (χ2v) is 10.9. The maximum absolute atomic E-state index is 12.9. The van der Waals surface area contributed by atoms with Crippen molar-refractivity contribution in [3.8, 4) is 11.5 Å². The number of halogens is 2. The number of benzene rings is 4. The van der Waals surface area contributed by atoms with Crippen molar-refractivity contribution in [2.24, 2.45) is 5.10 Å². The predicted octanol–water partition coefficient (Wildman–Crippen LogP) is 6.54. The highest BCUT2D eigenvalue weighted by Crippen LogP contribution is 2.29. The van der Waals surface area contributed by atoms with E-state index in [2.05, 4.69) is 15.2 Å². The van der Waals surface area contributed by atoms with Gasteiger partial charge >= 0.3 is 0 Å². The van der Waals surface area contributed by atoms with Crippen LogP contribution in [-0.4, -0.2) is 27.1 Å². The topological polar surface area (TPSA) is 106 Å². The first-order valence-electron chi connectivity index (χ1n) is 12.1. The molecule has 4 aromatic rings. The van der Waals surface area contributed by atoms with Crippen LogP contribution >= 0.6 is 23.2 Å². The normalized spacial score (nSPS) is 11.3. The van der Waals surface area contributed by atoms with Crippen LogP contribution in [-0.2, 0) is 16.6 Å². The summed E-state index contributed by atoms with van der Waals surface area (Å²) >= 11 is 11.8. The van der Waals surface area contributed by atoms with Gasteiger partial charge in [-0.05, 0) is 84.8 Å². The number of carbonyl (C=O) groups excluding carboxylic acids is 1. The van der Waals surface area contributed by atoms with E-state index >= 15 is 0 Å². The zero-order valence-electron chi connectivity index (χ0n) is 21.3. The maximum Gasteiger partial charge on any atom is 0.273 e. The SMILES string of the molecule is CCOc1cc(/C=N/NC(=O)c2ccccc2NS(=O)(=O)c2ccc(Cl)cc2)ccc1OCc1ccc(Cl)cc1. The van der Waals surface area contributed by atoms with E-state index in [1.54, 1.807) is 42.5 Å². The lowest BCUT2D eigenvalue weighted by Gasteiger charge is -2.13. The Morgan fingerprint density at radius 3 is 2.25 bits per heavy atom. The summed E-state index contributed by atoms with van der Waals surface area (Å²) < 4.78 is 39.7. The Labute approximate surface area is 242 Å². The van der Waals surface area contributed by atoms with E-state index in [4.69, 9.17) is 32.7 Å². The molecule has 1 amide bonds. The van der Waals surface area contributed by atoms with Gasteiger partial charge in [0.15, 0.2) is 11.5 Å². The summed E-state index contributed by atoms with van der Waals surface area (Å²) in [5.74, 6) is 0.479. The predicted molar refractivity (Wildman–Crippen MR) is 157 cm³/mol. The van der Waals surface area contributed by atoms with Crippen LogP contribution in [0.3, 0.4) is 0 Å². The molecular formula is C29H25Cl2N3O5S. The Kier molecular flexibility index (Phi) is 9.65. The number of para-hydroxylation sites is 1.